The van der Waals surface area contributed by atoms with Gasteiger partial charge in [0.15, 0.2) is 11.5 Å². The topological polar surface area (TPSA) is 55.7 Å². The average Bonchev–Trinajstić information content (AvgIpc) is 3.00. The fourth-order valence-corrected chi connectivity index (χ4v) is 3.46. The Morgan fingerprint density at radius 1 is 1.12 bits per heavy atom. The molecular weight excluding hydrogens is 370 g/mol. The molecule has 3 aromatic rings. The zero-order valence-corrected chi connectivity index (χ0v) is 15.4. The lowest BCUT2D eigenvalue weighted by molar-refractivity contribution is 0.297. The van der Waals surface area contributed by atoms with Crippen LogP contribution >= 0.6 is 22.9 Å². The number of thiazole rings is 1. The van der Waals surface area contributed by atoms with Crippen molar-refractivity contribution >= 4 is 34.3 Å². The van der Waals surface area contributed by atoms with Gasteiger partial charge in [0.05, 0.1) is 24.3 Å². The Morgan fingerprint density at radius 3 is 2.85 bits per heavy atom. The predicted octanol–water partition coefficient (Wildman–Crippen LogP) is 5.07. The molecule has 0 radical (unpaired) electrons. The highest BCUT2D eigenvalue weighted by Gasteiger charge is 2.12. The molecule has 1 aliphatic heterocycles. The van der Waals surface area contributed by atoms with Crippen molar-refractivity contribution in [2.45, 2.75) is 6.42 Å². The maximum Gasteiger partial charge on any atom is 0.203 e. The molecule has 0 amide bonds. The highest BCUT2D eigenvalue weighted by molar-refractivity contribution is 7.18. The summed E-state index contributed by atoms with van der Waals surface area (Å²) in [7, 11) is 0. The molecule has 132 valence electrons. The molecule has 7 heteroatoms. The number of anilines is 1. The van der Waals surface area contributed by atoms with Crippen LogP contribution in [-0.4, -0.2) is 24.4 Å². The summed E-state index contributed by atoms with van der Waals surface area (Å²) < 4.78 is 11.4. The van der Waals surface area contributed by atoms with Gasteiger partial charge in [0.2, 0.25) is 5.13 Å². The van der Waals surface area contributed by atoms with Crippen LogP contribution in [0.5, 0.6) is 11.5 Å². The summed E-state index contributed by atoms with van der Waals surface area (Å²) in [5, 5.41) is 5.57. The zero-order chi connectivity index (χ0) is 17.8. The minimum Gasteiger partial charge on any atom is -0.490 e. The number of hydrogen-bond donors (Lipinski definition) is 1. The molecule has 4 rings (SSSR count). The normalized spacial score (nSPS) is 13.6. The molecule has 2 heterocycles. The summed E-state index contributed by atoms with van der Waals surface area (Å²) in [4.78, 5) is 5.39. The summed E-state index contributed by atoms with van der Waals surface area (Å²) in [5.41, 5.74) is 4.83. The Morgan fingerprint density at radius 2 is 1.96 bits per heavy atom. The molecule has 1 aliphatic rings. The van der Waals surface area contributed by atoms with Crippen molar-refractivity contribution in [3.05, 3.63) is 59.2 Å². The van der Waals surface area contributed by atoms with Gasteiger partial charge in [-0.1, -0.05) is 41.1 Å². The smallest absolute Gasteiger partial charge is 0.203 e. The van der Waals surface area contributed by atoms with Gasteiger partial charge in [-0.25, -0.2) is 4.98 Å². The van der Waals surface area contributed by atoms with Gasteiger partial charge in [-0.2, -0.15) is 5.10 Å². The summed E-state index contributed by atoms with van der Waals surface area (Å²) in [5.74, 6) is 1.57. The van der Waals surface area contributed by atoms with Crippen molar-refractivity contribution in [1.29, 1.82) is 0 Å². The lowest BCUT2D eigenvalue weighted by Crippen LogP contribution is -1.97. The number of rotatable bonds is 4. The van der Waals surface area contributed by atoms with Crippen molar-refractivity contribution in [2.75, 3.05) is 18.6 Å². The van der Waals surface area contributed by atoms with Crippen LogP contribution in [0.25, 0.3) is 10.4 Å². The molecule has 0 unspecified atom stereocenters. The largest absolute Gasteiger partial charge is 0.490 e. The van der Waals surface area contributed by atoms with Gasteiger partial charge >= 0.3 is 0 Å². The Kier molecular flexibility index (Phi) is 5.04. The quantitative estimate of drug-likeness (QED) is 0.503. The van der Waals surface area contributed by atoms with Crippen molar-refractivity contribution in [1.82, 2.24) is 4.98 Å². The number of aromatic nitrogens is 1. The molecule has 0 spiro atoms. The van der Waals surface area contributed by atoms with E-state index in [0.29, 0.717) is 23.4 Å². The van der Waals surface area contributed by atoms with E-state index in [2.05, 4.69) is 15.5 Å². The van der Waals surface area contributed by atoms with Gasteiger partial charge in [-0.15, -0.1) is 0 Å². The number of ether oxygens (including phenoxy) is 2. The molecule has 0 saturated carbocycles. The molecular formula is C19H16ClN3O2S. The molecule has 1 aromatic heterocycles. The first-order valence-corrected chi connectivity index (χ1v) is 9.38. The van der Waals surface area contributed by atoms with E-state index < -0.39 is 0 Å². The molecule has 0 atom stereocenters. The molecule has 0 fully saturated rings. The van der Waals surface area contributed by atoms with Crippen LogP contribution in [0.15, 0.2) is 53.8 Å². The fourth-order valence-electron chi connectivity index (χ4n) is 2.51. The van der Waals surface area contributed by atoms with Gasteiger partial charge in [-0.05, 0) is 29.8 Å². The third kappa shape index (κ3) is 3.81. The second kappa shape index (κ2) is 7.76. The SMILES string of the molecule is Clc1ccccc1/C=N\Nc1ncc(-c2ccc3c(c2)OCCCO3)s1. The van der Waals surface area contributed by atoms with Crippen molar-refractivity contribution < 1.29 is 9.47 Å². The highest BCUT2D eigenvalue weighted by Crippen LogP contribution is 2.36. The maximum atomic E-state index is 6.11. The van der Waals surface area contributed by atoms with E-state index in [-0.39, 0.29) is 0 Å². The molecule has 0 bridgehead atoms. The monoisotopic (exact) mass is 385 g/mol. The van der Waals surface area contributed by atoms with E-state index in [1.165, 1.54) is 11.3 Å². The van der Waals surface area contributed by atoms with Crippen molar-refractivity contribution in [3.8, 4) is 21.9 Å². The van der Waals surface area contributed by atoms with Gasteiger partial charge < -0.3 is 9.47 Å². The fraction of sp³-hybridized carbons (Fsp3) is 0.158. The van der Waals surface area contributed by atoms with Crippen LogP contribution in [0.3, 0.4) is 0 Å². The van der Waals surface area contributed by atoms with Crippen LogP contribution < -0.4 is 14.9 Å². The Hall–Kier alpha value is -2.57. The average molecular weight is 386 g/mol. The zero-order valence-electron chi connectivity index (χ0n) is 13.8. The van der Waals surface area contributed by atoms with Gasteiger partial charge in [0, 0.05) is 23.2 Å². The summed E-state index contributed by atoms with van der Waals surface area (Å²) >= 11 is 7.62. The van der Waals surface area contributed by atoms with E-state index >= 15 is 0 Å². The second-order valence-electron chi connectivity index (χ2n) is 5.63. The van der Waals surface area contributed by atoms with Gasteiger partial charge in [0.1, 0.15) is 0 Å². The lowest BCUT2D eigenvalue weighted by Gasteiger charge is -2.08. The van der Waals surface area contributed by atoms with E-state index in [0.717, 1.165) is 33.9 Å². The minimum atomic E-state index is 0.657. The molecule has 0 aliphatic carbocycles. The van der Waals surface area contributed by atoms with Crippen LogP contribution in [0.1, 0.15) is 12.0 Å². The summed E-state index contributed by atoms with van der Waals surface area (Å²) in [6.07, 6.45) is 4.39. The predicted molar refractivity (Wildman–Crippen MR) is 106 cm³/mol. The molecule has 0 saturated heterocycles. The van der Waals surface area contributed by atoms with Crippen LogP contribution in [0.2, 0.25) is 5.02 Å². The Bertz CT molecular complexity index is 942. The van der Waals surface area contributed by atoms with Crippen LogP contribution in [0.4, 0.5) is 5.13 Å². The molecule has 1 N–H and O–H groups in total. The Balaban J connectivity index is 1.48. The first kappa shape index (κ1) is 16.9. The van der Waals surface area contributed by atoms with E-state index in [4.69, 9.17) is 21.1 Å². The molecule has 5 nitrogen and oxygen atoms in total. The number of halogens is 1. The molecule has 26 heavy (non-hydrogen) atoms. The van der Waals surface area contributed by atoms with Crippen LogP contribution in [0, 0.1) is 0 Å². The third-order valence-electron chi connectivity index (χ3n) is 3.81. The molecule has 2 aromatic carbocycles. The lowest BCUT2D eigenvalue weighted by atomic mass is 10.2. The van der Waals surface area contributed by atoms with E-state index in [1.54, 1.807) is 6.21 Å². The van der Waals surface area contributed by atoms with Crippen molar-refractivity contribution in [3.63, 3.8) is 0 Å². The minimum absolute atomic E-state index is 0.657. The second-order valence-corrected chi connectivity index (χ2v) is 7.07. The van der Waals surface area contributed by atoms with Gasteiger partial charge in [-0.3, -0.25) is 5.43 Å². The number of nitrogens with zero attached hydrogens (tertiary/aromatic N) is 2. The van der Waals surface area contributed by atoms with E-state index in [9.17, 15) is 0 Å². The summed E-state index contributed by atoms with van der Waals surface area (Å²) in [6.45, 7) is 1.35. The highest BCUT2D eigenvalue weighted by atomic mass is 35.5. The van der Waals surface area contributed by atoms with Gasteiger partial charge in [0.25, 0.3) is 0 Å². The number of benzene rings is 2. The maximum absolute atomic E-state index is 6.11. The standard InChI is InChI=1S/C19H16ClN3O2S/c20-15-5-2-1-4-14(15)11-22-23-19-21-12-18(26-19)13-6-7-16-17(10-13)25-9-3-8-24-16/h1-2,4-7,10-12H,3,8-9H2,(H,21,23)/b22-11-. The number of hydrazone groups is 1. The third-order valence-corrected chi connectivity index (χ3v) is 5.10. The summed E-state index contributed by atoms with van der Waals surface area (Å²) in [6, 6.07) is 13.5. The first-order chi connectivity index (χ1) is 12.8. The van der Waals surface area contributed by atoms with Crippen LogP contribution in [-0.2, 0) is 0 Å². The van der Waals surface area contributed by atoms with E-state index in [1.807, 2.05) is 48.7 Å². The number of nitrogens with one attached hydrogen (secondary N) is 1. The number of fused-ring (bicyclic) bond motifs is 1. The number of hydrogen-bond acceptors (Lipinski definition) is 6. The van der Waals surface area contributed by atoms with Crippen molar-refractivity contribution in [2.24, 2.45) is 5.10 Å². The Labute approximate surface area is 160 Å². The first-order valence-electron chi connectivity index (χ1n) is 8.19.